The summed E-state index contributed by atoms with van der Waals surface area (Å²) in [4.78, 5) is 2.55. The van der Waals surface area contributed by atoms with Crippen molar-refractivity contribution in [2.75, 3.05) is 33.4 Å². The van der Waals surface area contributed by atoms with Crippen molar-refractivity contribution in [3.05, 3.63) is 0 Å². The van der Waals surface area contributed by atoms with Crippen molar-refractivity contribution < 1.29 is 4.74 Å². The van der Waals surface area contributed by atoms with Crippen molar-refractivity contribution >= 4 is 0 Å². The molecule has 3 fully saturated rings. The summed E-state index contributed by atoms with van der Waals surface area (Å²) in [5.74, 6) is 2.29. The highest BCUT2D eigenvalue weighted by Crippen LogP contribution is 2.62. The van der Waals surface area contributed by atoms with Gasteiger partial charge in [0.2, 0.25) is 0 Å². The SMILES string of the molecule is COCCN1CC2(CC3CC3C2)C1. The summed E-state index contributed by atoms with van der Waals surface area (Å²) in [6.07, 6.45) is 4.64. The number of hydrogen-bond donors (Lipinski definition) is 0. The third-order valence-corrected chi connectivity index (χ3v) is 4.19. The van der Waals surface area contributed by atoms with Crippen LogP contribution in [-0.2, 0) is 4.74 Å². The van der Waals surface area contributed by atoms with Gasteiger partial charge < -0.3 is 4.74 Å². The van der Waals surface area contributed by atoms with E-state index in [4.69, 9.17) is 4.74 Å². The summed E-state index contributed by atoms with van der Waals surface area (Å²) >= 11 is 0. The van der Waals surface area contributed by atoms with Gasteiger partial charge in [-0.05, 0) is 36.5 Å². The van der Waals surface area contributed by atoms with Gasteiger partial charge in [0, 0.05) is 26.7 Å². The van der Waals surface area contributed by atoms with Gasteiger partial charge in [0.05, 0.1) is 6.61 Å². The Labute approximate surface area is 80.2 Å². The van der Waals surface area contributed by atoms with Gasteiger partial charge in [-0.2, -0.15) is 0 Å². The molecular formula is C11H19NO. The quantitative estimate of drug-likeness (QED) is 0.652. The summed E-state index contributed by atoms with van der Waals surface area (Å²) in [7, 11) is 1.79. The molecular weight excluding hydrogens is 162 g/mol. The van der Waals surface area contributed by atoms with Crippen LogP contribution in [0, 0.1) is 17.3 Å². The van der Waals surface area contributed by atoms with Crippen LogP contribution < -0.4 is 0 Å². The first-order valence-electron chi connectivity index (χ1n) is 5.53. The van der Waals surface area contributed by atoms with Gasteiger partial charge in [-0.3, -0.25) is 4.90 Å². The largest absolute Gasteiger partial charge is 0.383 e. The van der Waals surface area contributed by atoms with Crippen LogP contribution in [0.25, 0.3) is 0 Å². The monoisotopic (exact) mass is 181 g/mol. The van der Waals surface area contributed by atoms with Crippen LogP contribution in [0.5, 0.6) is 0 Å². The van der Waals surface area contributed by atoms with Crippen LogP contribution in [-0.4, -0.2) is 38.3 Å². The Balaban J connectivity index is 1.46. The zero-order valence-electron chi connectivity index (χ0n) is 8.46. The van der Waals surface area contributed by atoms with Crippen molar-refractivity contribution in [2.24, 2.45) is 17.3 Å². The molecule has 2 nitrogen and oxygen atoms in total. The van der Waals surface area contributed by atoms with Crippen LogP contribution in [0.3, 0.4) is 0 Å². The Hall–Kier alpha value is -0.0800. The van der Waals surface area contributed by atoms with E-state index in [-0.39, 0.29) is 0 Å². The summed E-state index contributed by atoms with van der Waals surface area (Å²) in [5.41, 5.74) is 0.779. The van der Waals surface area contributed by atoms with Crippen LogP contribution in [0.15, 0.2) is 0 Å². The molecule has 0 aromatic rings. The fraction of sp³-hybridized carbons (Fsp3) is 1.00. The summed E-state index contributed by atoms with van der Waals surface area (Å²) < 4.78 is 5.09. The lowest BCUT2D eigenvalue weighted by atomic mass is 9.76. The Bertz CT molecular complexity index is 198. The number of methoxy groups -OCH3 is 1. The molecule has 0 aromatic carbocycles. The second-order valence-electron chi connectivity index (χ2n) is 5.37. The number of rotatable bonds is 3. The molecule has 3 rings (SSSR count). The molecule has 1 saturated heterocycles. The van der Waals surface area contributed by atoms with Crippen molar-refractivity contribution in [1.29, 1.82) is 0 Å². The number of likely N-dealkylation sites (tertiary alicyclic amines) is 1. The summed E-state index contributed by atoms with van der Waals surface area (Å²) in [6, 6.07) is 0. The standard InChI is InChI=1S/C11H19NO/c1-13-3-2-12-7-11(8-12)5-9-4-10(9)6-11/h9-10H,2-8H2,1H3. The maximum absolute atomic E-state index is 5.09. The topological polar surface area (TPSA) is 12.5 Å². The predicted molar refractivity (Wildman–Crippen MR) is 51.6 cm³/mol. The minimum absolute atomic E-state index is 0.779. The molecule has 0 amide bonds. The fourth-order valence-electron chi connectivity index (χ4n) is 3.55. The molecule has 0 bridgehead atoms. The maximum atomic E-state index is 5.09. The molecule has 74 valence electrons. The van der Waals surface area contributed by atoms with Crippen molar-refractivity contribution in [3.63, 3.8) is 0 Å². The summed E-state index contributed by atoms with van der Waals surface area (Å²) in [6.45, 7) is 4.78. The van der Waals surface area contributed by atoms with E-state index in [1.54, 1.807) is 26.4 Å². The number of ether oxygens (including phenoxy) is 1. The molecule has 0 radical (unpaired) electrons. The smallest absolute Gasteiger partial charge is 0.0589 e. The molecule has 0 aromatic heterocycles. The second-order valence-corrected chi connectivity index (χ2v) is 5.37. The van der Waals surface area contributed by atoms with E-state index in [9.17, 15) is 0 Å². The van der Waals surface area contributed by atoms with E-state index >= 15 is 0 Å². The second kappa shape index (κ2) is 2.71. The van der Waals surface area contributed by atoms with Crippen molar-refractivity contribution in [3.8, 4) is 0 Å². The fourth-order valence-corrected chi connectivity index (χ4v) is 3.55. The van der Waals surface area contributed by atoms with Crippen LogP contribution in [0.2, 0.25) is 0 Å². The van der Waals surface area contributed by atoms with Gasteiger partial charge in [0.15, 0.2) is 0 Å². The highest BCUT2D eigenvalue weighted by atomic mass is 16.5. The van der Waals surface area contributed by atoms with Gasteiger partial charge in [-0.1, -0.05) is 0 Å². The first-order valence-corrected chi connectivity index (χ1v) is 5.53. The third kappa shape index (κ3) is 1.31. The Kier molecular flexibility index (Phi) is 1.72. The molecule has 0 N–H and O–H groups in total. The van der Waals surface area contributed by atoms with Gasteiger partial charge in [-0.25, -0.2) is 0 Å². The molecule has 2 unspecified atom stereocenters. The minimum atomic E-state index is 0.779. The molecule has 3 aliphatic rings. The Morgan fingerprint density at radius 1 is 1.31 bits per heavy atom. The molecule has 1 aliphatic heterocycles. The molecule has 1 spiro atoms. The summed E-state index contributed by atoms with van der Waals surface area (Å²) in [5, 5.41) is 0. The van der Waals surface area contributed by atoms with Gasteiger partial charge in [0.25, 0.3) is 0 Å². The molecule has 2 saturated carbocycles. The van der Waals surface area contributed by atoms with Crippen molar-refractivity contribution in [2.45, 2.75) is 19.3 Å². The Morgan fingerprint density at radius 2 is 2.00 bits per heavy atom. The van der Waals surface area contributed by atoms with E-state index in [1.165, 1.54) is 13.1 Å². The lowest BCUT2D eigenvalue weighted by Crippen LogP contribution is -2.56. The van der Waals surface area contributed by atoms with Gasteiger partial charge >= 0.3 is 0 Å². The number of fused-ring (bicyclic) bond motifs is 1. The minimum Gasteiger partial charge on any atom is -0.383 e. The number of hydrogen-bond acceptors (Lipinski definition) is 2. The zero-order valence-corrected chi connectivity index (χ0v) is 8.46. The predicted octanol–water partition coefficient (Wildman–Crippen LogP) is 1.36. The average Bonchev–Trinajstić information content (AvgIpc) is 2.67. The highest BCUT2D eigenvalue weighted by Gasteiger charge is 2.57. The molecule has 13 heavy (non-hydrogen) atoms. The first-order chi connectivity index (χ1) is 6.31. The van der Waals surface area contributed by atoms with Crippen LogP contribution in [0.4, 0.5) is 0 Å². The van der Waals surface area contributed by atoms with E-state index in [2.05, 4.69) is 4.90 Å². The third-order valence-electron chi connectivity index (χ3n) is 4.19. The van der Waals surface area contributed by atoms with E-state index in [0.29, 0.717) is 0 Å². The highest BCUT2D eigenvalue weighted by molar-refractivity contribution is 5.09. The first kappa shape index (κ1) is 8.25. The van der Waals surface area contributed by atoms with E-state index < -0.39 is 0 Å². The normalized spacial score (nSPS) is 40.4. The van der Waals surface area contributed by atoms with Crippen LogP contribution >= 0.6 is 0 Å². The van der Waals surface area contributed by atoms with Gasteiger partial charge in [-0.15, -0.1) is 0 Å². The van der Waals surface area contributed by atoms with Gasteiger partial charge in [0.1, 0.15) is 0 Å². The molecule has 2 heteroatoms. The lowest BCUT2D eigenvalue weighted by molar-refractivity contribution is -0.0171. The molecule has 1 heterocycles. The van der Waals surface area contributed by atoms with Crippen LogP contribution in [0.1, 0.15) is 19.3 Å². The number of nitrogens with zero attached hydrogens (tertiary/aromatic N) is 1. The Morgan fingerprint density at radius 3 is 2.62 bits per heavy atom. The lowest BCUT2D eigenvalue weighted by Gasteiger charge is -2.49. The maximum Gasteiger partial charge on any atom is 0.0589 e. The molecule has 2 atom stereocenters. The van der Waals surface area contributed by atoms with Crippen molar-refractivity contribution in [1.82, 2.24) is 4.90 Å². The zero-order chi connectivity index (χ0) is 8.89. The molecule has 2 aliphatic carbocycles. The average molecular weight is 181 g/mol. The van der Waals surface area contributed by atoms with E-state index in [1.807, 2.05) is 0 Å². The van der Waals surface area contributed by atoms with E-state index in [0.717, 1.165) is 30.4 Å².